The van der Waals surface area contributed by atoms with E-state index in [1.807, 2.05) is 0 Å². The second-order valence-electron chi connectivity index (χ2n) is 2.56. The molecule has 0 amide bonds. The van der Waals surface area contributed by atoms with E-state index >= 15 is 0 Å². The first-order chi connectivity index (χ1) is 5.95. The molecule has 1 rings (SSSR count). The highest BCUT2D eigenvalue weighted by Gasteiger charge is 2.17. The Morgan fingerprint density at radius 3 is 2.38 bits per heavy atom. The number of ketones is 1. The Bertz CT molecular complexity index is 379. The Hall–Kier alpha value is -0.670. The largest absolute Gasteiger partial charge is 0.294 e. The Labute approximate surface area is 84.7 Å². The minimum Gasteiger partial charge on any atom is -0.294 e. The predicted octanol–water partition coefficient (Wildman–Crippen LogP) is 3.04. The van der Waals surface area contributed by atoms with E-state index in [9.17, 15) is 9.18 Å². The van der Waals surface area contributed by atoms with Gasteiger partial charge in [0.2, 0.25) is 0 Å². The van der Waals surface area contributed by atoms with Crippen molar-refractivity contribution in [2.75, 3.05) is 0 Å². The van der Waals surface area contributed by atoms with Crippen molar-refractivity contribution in [2.45, 2.75) is 13.8 Å². The van der Waals surface area contributed by atoms with Gasteiger partial charge in [-0.1, -0.05) is 23.2 Å². The van der Waals surface area contributed by atoms with Crippen molar-refractivity contribution in [3.63, 3.8) is 0 Å². The summed E-state index contributed by atoms with van der Waals surface area (Å²) < 4.78 is 13.1. The minimum absolute atomic E-state index is 0.0589. The molecule has 0 aliphatic heterocycles. The number of hydrogen-bond donors (Lipinski definition) is 0. The Morgan fingerprint density at radius 1 is 1.38 bits per heavy atom. The third-order valence-corrected chi connectivity index (χ3v) is 2.16. The van der Waals surface area contributed by atoms with Crippen molar-refractivity contribution in [3.05, 3.63) is 27.3 Å². The molecule has 0 N–H and O–H groups in total. The number of rotatable bonds is 1. The van der Waals surface area contributed by atoms with E-state index in [0.717, 1.165) is 0 Å². The lowest BCUT2D eigenvalue weighted by Crippen LogP contribution is -2.03. The lowest BCUT2D eigenvalue weighted by atomic mass is 10.1. The van der Waals surface area contributed by atoms with Gasteiger partial charge in [0, 0.05) is 5.56 Å². The van der Waals surface area contributed by atoms with Crippen LogP contribution in [0, 0.1) is 12.7 Å². The fraction of sp³-hybridized carbons (Fsp3) is 0.250. The number of carbonyl (C=O) groups excluding carboxylic acids is 1. The van der Waals surface area contributed by atoms with Crippen LogP contribution < -0.4 is 0 Å². The monoisotopic (exact) mass is 221 g/mol. The molecule has 13 heavy (non-hydrogen) atoms. The number of hydrogen-bond acceptors (Lipinski definition) is 2. The predicted molar refractivity (Wildman–Crippen MR) is 49.0 cm³/mol. The molecule has 0 unspecified atom stereocenters. The van der Waals surface area contributed by atoms with Crippen LogP contribution in [0.2, 0.25) is 10.3 Å². The van der Waals surface area contributed by atoms with Gasteiger partial charge in [-0.3, -0.25) is 4.79 Å². The third kappa shape index (κ3) is 1.81. The average molecular weight is 222 g/mol. The molecular weight excluding hydrogens is 216 g/mol. The summed E-state index contributed by atoms with van der Waals surface area (Å²) in [7, 11) is 0. The van der Waals surface area contributed by atoms with Crippen LogP contribution in [-0.2, 0) is 0 Å². The number of pyridine rings is 1. The van der Waals surface area contributed by atoms with Crippen molar-refractivity contribution in [3.8, 4) is 0 Å². The summed E-state index contributed by atoms with van der Waals surface area (Å²) in [6.07, 6.45) is 0. The maximum atomic E-state index is 13.1. The van der Waals surface area contributed by atoms with Crippen LogP contribution >= 0.6 is 23.2 Å². The average Bonchev–Trinajstić information content (AvgIpc) is 1.99. The molecule has 0 radical (unpaired) electrons. The van der Waals surface area contributed by atoms with Crippen LogP contribution in [0.25, 0.3) is 0 Å². The van der Waals surface area contributed by atoms with Gasteiger partial charge in [0.05, 0.1) is 5.56 Å². The quantitative estimate of drug-likeness (QED) is 0.539. The third-order valence-electron chi connectivity index (χ3n) is 1.64. The first-order valence-electron chi connectivity index (χ1n) is 3.47. The van der Waals surface area contributed by atoms with E-state index in [-0.39, 0.29) is 27.2 Å². The van der Waals surface area contributed by atoms with Crippen molar-refractivity contribution in [2.24, 2.45) is 0 Å². The van der Waals surface area contributed by atoms with Crippen LogP contribution in [-0.4, -0.2) is 10.8 Å². The van der Waals surface area contributed by atoms with Gasteiger partial charge in [0.25, 0.3) is 0 Å². The maximum Gasteiger partial charge on any atom is 0.166 e. The number of nitrogens with zero attached hydrogens (tertiary/aromatic N) is 1. The summed E-state index contributed by atoms with van der Waals surface area (Å²) in [5, 5.41) is -0.371. The molecule has 0 bridgehead atoms. The summed E-state index contributed by atoms with van der Waals surface area (Å²) in [4.78, 5) is 14.5. The summed E-state index contributed by atoms with van der Waals surface area (Å²) in [5.41, 5.74) is 0.223. The zero-order valence-electron chi connectivity index (χ0n) is 6.99. The molecule has 1 heterocycles. The van der Waals surface area contributed by atoms with Gasteiger partial charge in [-0.25, -0.2) is 9.37 Å². The molecule has 0 spiro atoms. The number of Topliss-reactive ketones (excluding diaryl/α,β-unsaturated/α-hetero) is 1. The Balaban J connectivity index is 3.53. The number of aromatic nitrogens is 1. The van der Waals surface area contributed by atoms with Crippen LogP contribution in [0.5, 0.6) is 0 Å². The topological polar surface area (TPSA) is 30.0 Å². The smallest absolute Gasteiger partial charge is 0.166 e. The second-order valence-corrected chi connectivity index (χ2v) is 3.28. The summed E-state index contributed by atoms with van der Waals surface area (Å²) in [6.45, 7) is 2.73. The first-order valence-corrected chi connectivity index (χ1v) is 4.22. The summed E-state index contributed by atoms with van der Waals surface area (Å²) in [6, 6.07) is 0. The molecule has 0 aromatic carbocycles. The van der Waals surface area contributed by atoms with Gasteiger partial charge in [-0.2, -0.15) is 0 Å². The summed E-state index contributed by atoms with van der Waals surface area (Å²) >= 11 is 11.0. The normalized spacial score (nSPS) is 10.2. The van der Waals surface area contributed by atoms with Crippen molar-refractivity contribution in [1.29, 1.82) is 0 Å². The van der Waals surface area contributed by atoms with Crippen LogP contribution in [0.1, 0.15) is 22.8 Å². The van der Waals surface area contributed by atoms with E-state index < -0.39 is 5.82 Å². The molecule has 2 nitrogen and oxygen atoms in total. The lowest BCUT2D eigenvalue weighted by Gasteiger charge is -2.05. The molecule has 0 atom stereocenters. The fourth-order valence-corrected chi connectivity index (χ4v) is 1.65. The van der Waals surface area contributed by atoms with Gasteiger partial charge in [-0.15, -0.1) is 0 Å². The van der Waals surface area contributed by atoms with Crippen LogP contribution in [0.3, 0.4) is 0 Å². The van der Waals surface area contributed by atoms with Crippen LogP contribution in [0.15, 0.2) is 0 Å². The highest BCUT2D eigenvalue weighted by atomic mass is 35.5. The van der Waals surface area contributed by atoms with E-state index in [2.05, 4.69) is 4.98 Å². The second kappa shape index (κ2) is 3.60. The molecule has 0 fully saturated rings. The molecule has 70 valence electrons. The molecule has 0 aliphatic carbocycles. The molecule has 5 heteroatoms. The van der Waals surface area contributed by atoms with Gasteiger partial charge in [-0.05, 0) is 13.8 Å². The fourth-order valence-electron chi connectivity index (χ4n) is 1.02. The molecule has 1 aromatic rings. The van der Waals surface area contributed by atoms with Crippen LogP contribution in [0.4, 0.5) is 4.39 Å². The van der Waals surface area contributed by atoms with Gasteiger partial charge in [0.1, 0.15) is 5.15 Å². The van der Waals surface area contributed by atoms with E-state index in [1.165, 1.54) is 13.8 Å². The van der Waals surface area contributed by atoms with Gasteiger partial charge >= 0.3 is 0 Å². The summed E-state index contributed by atoms with van der Waals surface area (Å²) in [5.74, 6) is -1.03. The highest BCUT2D eigenvalue weighted by Crippen LogP contribution is 2.25. The number of carbonyl (C=O) groups is 1. The van der Waals surface area contributed by atoms with Crippen molar-refractivity contribution < 1.29 is 9.18 Å². The Morgan fingerprint density at radius 2 is 1.92 bits per heavy atom. The zero-order chi connectivity index (χ0) is 10.2. The number of halogens is 3. The zero-order valence-corrected chi connectivity index (χ0v) is 8.50. The maximum absolute atomic E-state index is 13.1. The van der Waals surface area contributed by atoms with E-state index in [1.54, 1.807) is 0 Å². The lowest BCUT2D eigenvalue weighted by molar-refractivity contribution is 0.101. The molecular formula is C8H6Cl2FNO. The van der Waals surface area contributed by atoms with Crippen molar-refractivity contribution in [1.82, 2.24) is 4.98 Å². The van der Waals surface area contributed by atoms with E-state index in [0.29, 0.717) is 0 Å². The minimum atomic E-state index is -0.698. The van der Waals surface area contributed by atoms with Gasteiger partial charge < -0.3 is 0 Å². The Kier molecular flexibility index (Phi) is 2.88. The van der Waals surface area contributed by atoms with Gasteiger partial charge in [0.15, 0.2) is 16.8 Å². The van der Waals surface area contributed by atoms with Crippen molar-refractivity contribution >= 4 is 29.0 Å². The molecule has 0 saturated carbocycles. The molecule has 0 saturated heterocycles. The van der Waals surface area contributed by atoms with E-state index in [4.69, 9.17) is 23.2 Å². The standard InChI is InChI=1S/C8H6Cl2FNO/c1-3-5(4(2)13)7(9)12-8(10)6(3)11/h1-2H3. The molecule has 0 aliphatic rings. The SMILES string of the molecule is CC(=O)c1c(Cl)nc(Cl)c(F)c1C. The molecule has 1 aromatic heterocycles. The highest BCUT2D eigenvalue weighted by molar-refractivity contribution is 6.35. The first kappa shape index (κ1) is 10.4.